The van der Waals surface area contributed by atoms with E-state index in [4.69, 9.17) is 0 Å². The van der Waals surface area contributed by atoms with Crippen LogP contribution in [-0.2, 0) is 11.2 Å². The Kier molecular flexibility index (Phi) is 4.21. The van der Waals surface area contributed by atoms with E-state index in [0.717, 1.165) is 19.5 Å². The maximum atomic E-state index is 11.6. The van der Waals surface area contributed by atoms with Gasteiger partial charge < -0.3 is 14.8 Å². The number of carbonyl (C=O) groups excluding carboxylic acids is 2. The largest absolute Gasteiger partial charge is 0.361 e. The quantitative estimate of drug-likeness (QED) is 0.837. The molecule has 0 unspecified atom stereocenters. The Morgan fingerprint density at radius 2 is 2.00 bits per heavy atom. The highest BCUT2D eigenvalue weighted by Gasteiger charge is 2.26. The molecule has 132 valence electrons. The Hall–Kier alpha value is -2.34. The summed E-state index contributed by atoms with van der Waals surface area (Å²) in [7, 11) is 2.18. The van der Waals surface area contributed by atoms with Crippen molar-refractivity contribution in [3.63, 3.8) is 0 Å². The van der Waals surface area contributed by atoms with Gasteiger partial charge in [0.1, 0.15) is 6.54 Å². The monoisotopic (exact) mass is 340 g/mol. The van der Waals surface area contributed by atoms with Crippen molar-refractivity contribution in [1.29, 1.82) is 0 Å². The fourth-order valence-corrected chi connectivity index (χ4v) is 3.93. The molecule has 6 heteroatoms. The van der Waals surface area contributed by atoms with Crippen LogP contribution in [0.3, 0.4) is 0 Å². The second-order valence-corrected chi connectivity index (χ2v) is 7.23. The van der Waals surface area contributed by atoms with Crippen LogP contribution in [0.25, 0.3) is 10.9 Å². The van der Waals surface area contributed by atoms with Crippen LogP contribution < -0.4 is 5.32 Å². The van der Waals surface area contributed by atoms with Gasteiger partial charge in [-0.2, -0.15) is 0 Å². The van der Waals surface area contributed by atoms with Crippen LogP contribution in [0, 0.1) is 0 Å². The third-order valence-corrected chi connectivity index (χ3v) is 5.47. The van der Waals surface area contributed by atoms with Gasteiger partial charge in [-0.25, -0.2) is 4.79 Å². The minimum absolute atomic E-state index is 0.173. The summed E-state index contributed by atoms with van der Waals surface area (Å²) in [6.07, 6.45) is 5.32. The van der Waals surface area contributed by atoms with Crippen LogP contribution in [-0.4, -0.2) is 59.9 Å². The molecule has 2 fully saturated rings. The number of H-pyrrole nitrogens is 1. The number of fused-ring (bicyclic) bond motifs is 1. The molecular formula is C19H24N4O2. The molecule has 6 nitrogen and oxygen atoms in total. The van der Waals surface area contributed by atoms with Crippen molar-refractivity contribution in [3.8, 4) is 0 Å². The number of likely N-dealkylation sites (tertiary alicyclic amines) is 1. The van der Waals surface area contributed by atoms with Gasteiger partial charge in [0.15, 0.2) is 0 Å². The van der Waals surface area contributed by atoms with Crippen LogP contribution in [0.1, 0.15) is 29.9 Å². The van der Waals surface area contributed by atoms with E-state index in [-0.39, 0.29) is 18.5 Å². The molecule has 1 aromatic carbocycles. The van der Waals surface area contributed by atoms with Gasteiger partial charge in [0, 0.05) is 23.6 Å². The number of benzene rings is 1. The summed E-state index contributed by atoms with van der Waals surface area (Å²) in [5.74, 6) is 0.401. The molecule has 4 rings (SSSR count). The van der Waals surface area contributed by atoms with E-state index in [1.54, 1.807) is 4.90 Å². The lowest BCUT2D eigenvalue weighted by molar-refractivity contribution is -0.118. The van der Waals surface area contributed by atoms with Crippen molar-refractivity contribution < 1.29 is 9.59 Å². The summed E-state index contributed by atoms with van der Waals surface area (Å²) >= 11 is 0. The molecule has 2 aliphatic rings. The Bertz CT molecular complexity index is 805. The van der Waals surface area contributed by atoms with Crippen molar-refractivity contribution in [2.75, 3.05) is 33.2 Å². The van der Waals surface area contributed by atoms with E-state index in [2.05, 4.69) is 46.6 Å². The Balaban J connectivity index is 1.50. The van der Waals surface area contributed by atoms with E-state index in [1.165, 1.54) is 34.9 Å². The number of nitrogens with zero attached hydrogens (tertiary/aromatic N) is 2. The predicted molar refractivity (Wildman–Crippen MR) is 96.6 cm³/mol. The zero-order chi connectivity index (χ0) is 17.4. The number of urea groups is 1. The van der Waals surface area contributed by atoms with Crippen molar-refractivity contribution in [3.05, 3.63) is 35.5 Å². The van der Waals surface area contributed by atoms with E-state index >= 15 is 0 Å². The second kappa shape index (κ2) is 6.52. The first kappa shape index (κ1) is 16.1. The fourth-order valence-electron chi connectivity index (χ4n) is 3.93. The number of imide groups is 1. The van der Waals surface area contributed by atoms with Crippen molar-refractivity contribution in [1.82, 2.24) is 20.1 Å². The molecule has 3 heterocycles. The second-order valence-electron chi connectivity index (χ2n) is 7.23. The highest BCUT2D eigenvalue weighted by molar-refractivity contribution is 6.01. The van der Waals surface area contributed by atoms with Gasteiger partial charge in [0.05, 0.1) is 0 Å². The maximum absolute atomic E-state index is 11.6. The molecule has 0 aliphatic carbocycles. The van der Waals surface area contributed by atoms with Crippen LogP contribution in [0.15, 0.2) is 24.4 Å². The number of aromatic nitrogens is 1. The molecule has 2 N–H and O–H groups in total. The average Bonchev–Trinajstić information content (AvgIpc) is 3.16. The smallest absolute Gasteiger partial charge is 0.324 e. The first-order valence-corrected chi connectivity index (χ1v) is 8.97. The van der Waals surface area contributed by atoms with E-state index < -0.39 is 0 Å². The van der Waals surface area contributed by atoms with Crippen molar-refractivity contribution in [2.45, 2.75) is 25.2 Å². The topological polar surface area (TPSA) is 68.4 Å². The molecule has 0 bridgehead atoms. The number of aromatic amines is 1. The summed E-state index contributed by atoms with van der Waals surface area (Å²) < 4.78 is 0. The molecule has 2 aromatic rings. The SMILES string of the molecule is CN1CCC(c2c[nH]c3ccc(CCN4CC(=O)NC4=O)cc23)CC1. The highest BCUT2D eigenvalue weighted by atomic mass is 16.2. The predicted octanol–water partition coefficient (Wildman–Crippen LogP) is 2.07. The lowest BCUT2D eigenvalue weighted by atomic mass is 9.89. The van der Waals surface area contributed by atoms with Gasteiger partial charge in [0.25, 0.3) is 0 Å². The number of rotatable bonds is 4. The lowest BCUT2D eigenvalue weighted by Gasteiger charge is -2.28. The molecule has 2 saturated heterocycles. The molecule has 25 heavy (non-hydrogen) atoms. The zero-order valence-corrected chi connectivity index (χ0v) is 14.5. The first-order chi connectivity index (χ1) is 12.1. The van der Waals surface area contributed by atoms with Gasteiger partial charge >= 0.3 is 6.03 Å². The molecular weight excluding hydrogens is 316 g/mol. The lowest BCUT2D eigenvalue weighted by Crippen LogP contribution is -2.30. The number of hydrogen-bond donors (Lipinski definition) is 2. The summed E-state index contributed by atoms with van der Waals surface area (Å²) in [6.45, 7) is 3.04. The van der Waals surface area contributed by atoms with Crippen molar-refractivity contribution in [2.24, 2.45) is 0 Å². The number of amides is 3. The third kappa shape index (κ3) is 3.26. The minimum Gasteiger partial charge on any atom is -0.361 e. The van der Waals surface area contributed by atoms with Crippen LogP contribution >= 0.6 is 0 Å². The normalized spacial score (nSPS) is 19.8. The Morgan fingerprint density at radius 3 is 2.72 bits per heavy atom. The van der Waals surface area contributed by atoms with Gasteiger partial charge in [0.2, 0.25) is 5.91 Å². The average molecular weight is 340 g/mol. The van der Waals surface area contributed by atoms with Gasteiger partial charge in [-0.1, -0.05) is 6.07 Å². The molecule has 0 spiro atoms. The maximum Gasteiger partial charge on any atom is 0.324 e. The molecule has 2 aliphatic heterocycles. The molecule has 1 aromatic heterocycles. The Labute approximate surface area is 147 Å². The third-order valence-electron chi connectivity index (χ3n) is 5.47. The minimum atomic E-state index is -0.278. The summed E-state index contributed by atoms with van der Waals surface area (Å²) in [4.78, 5) is 30.3. The standard InChI is InChI=1S/C19H24N4O2/c1-22-7-5-14(6-8-22)16-11-20-17-3-2-13(10-15(16)17)4-9-23-12-18(24)21-19(23)25/h2-3,10-11,14,20H,4-9,12H2,1H3,(H,21,24,25). The van der Waals surface area contributed by atoms with Gasteiger partial charge in [-0.3, -0.25) is 10.1 Å². The van der Waals surface area contributed by atoms with Crippen molar-refractivity contribution >= 4 is 22.8 Å². The number of piperidine rings is 1. The summed E-state index contributed by atoms with van der Waals surface area (Å²) in [5, 5.41) is 3.62. The number of carbonyl (C=O) groups is 2. The zero-order valence-electron chi connectivity index (χ0n) is 14.5. The van der Waals surface area contributed by atoms with Crippen LogP contribution in [0.4, 0.5) is 4.79 Å². The van der Waals surface area contributed by atoms with E-state index in [0.29, 0.717) is 12.5 Å². The molecule has 0 saturated carbocycles. The molecule has 3 amide bonds. The first-order valence-electron chi connectivity index (χ1n) is 8.97. The fraction of sp³-hybridized carbons (Fsp3) is 0.474. The van der Waals surface area contributed by atoms with Gasteiger partial charge in [-0.05, 0) is 68.6 Å². The number of nitrogens with one attached hydrogen (secondary N) is 2. The van der Waals surface area contributed by atoms with Gasteiger partial charge in [-0.15, -0.1) is 0 Å². The Morgan fingerprint density at radius 1 is 1.20 bits per heavy atom. The summed E-state index contributed by atoms with van der Waals surface area (Å²) in [5.41, 5.74) is 3.79. The molecule has 0 radical (unpaired) electrons. The van der Waals surface area contributed by atoms with Crippen LogP contribution in [0.5, 0.6) is 0 Å². The number of hydrogen-bond acceptors (Lipinski definition) is 3. The summed E-state index contributed by atoms with van der Waals surface area (Å²) in [6, 6.07) is 6.19. The molecule has 0 atom stereocenters. The van der Waals surface area contributed by atoms with E-state index in [1.807, 2.05) is 0 Å². The highest BCUT2D eigenvalue weighted by Crippen LogP contribution is 2.33. The van der Waals surface area contributed by atoms with Crippen LogP contribution in [0.2, 0.25) is 0 Å². The van der Waals surface area contributed by atoms with E-state index in [9.17, 15) is 9.59 Å².